The standard InChI is InChI=1S/C15H23N5O2/c1-11(2)20-14(21)13-16-7-9-19(13)17-15(20)18(3)8-6-12-5-4-10-22-12/h7,9,11-12H,4-6,8,10H2,1-3H3. The molecule has 0 radical (unpaired) electrons. The van der Waals surface area contributed by atoms with Crippen LogP contribution in [-0.4, -0.2) is 45.5 Å². The van der Waals surface area contributed by atoms with Gasteiger partial charge in [-0.25, -0.2) is 9.50 Å². The minimum atomic E-state index is -0.103. The second-order valence-corrected chi connectivity index (χ2v) is 6.11. The molecule has 0 aliphatic carbocycles. The maximum Gasteiger partial charge on any atom is 0.298 e. The minimum Gasteiger partial charge on any atom is -0.378 e. The quantitative estimate of drug-likeness (QED) is 0.837. The van der Waals surface area contributed by atoms with Crippen molar-refractivity contribution in [1.29, 1.82) is 0 Å². The molecule has 3 rings (SSSR count). The Morgan fingerprint density at radius 2 is 2.32 bits per heavy atom. The van der Waals surface area contributed by atoms with Crippen LogP contribution in [0, 0.1) is 0 Å². The summed E-state index contributed by atoms with van der Waals surface area (Å²) in [5, 5.41) is 4.56. The molecule has 1 saturated heterocycles. The number of imidazole rings is 1. The Labute approximate surface area is 129 Å². The van der Waals surface area contributed by atoms with Gasteiger partial charge in [0.1, 0.15) is 0 Å². The van der Waals surface area contributed by atoms with E-state index in [9.17, 15) is 4.79 Å². The molecular weight excluding hydrogens is 282 g/mol. The minimum absolute atomic E-state index is 0.0295. The highest BCUT2D eigenvalue weighted by atomic mass is 16.5. The van der Waals surface area contributed by atoms with Crippen LogP contribution in [0.15, 0.2) is 17.2 Å². The predicted octanol–water partition coefficient (Wildman–Crippen LogP) is 1.48. The zero-order chi connectivity index (χ0) is 15.7. The smallest absolute Gasteiger partial charge is 0.298 e. The summed E-state index contributed by atoms with van der Waals surface area (Å²) in [7, 11) is 1.97. The van der Waals surface area contributed by atoms with Gasteiger partial charge in [0.05, 0.1) is 6.10 Å². The summed E-state index contributed by atoms with van der Waals surface area (Å²) in [5.41, 5.74) is 0.263. The van der Waals surface area contributed by atoms with Crippen LogP contribution < -0.4 is 10.5 Å². The number of nitrogens with zero attached hydrogens (tertiary/aromatic N) is 5. The third-order valence-electron chi connectivity index (χ3n) is 4.11. The Balaban J connectivity index is 1.90. The van der Waals surface area contributed by atoms with E-state index in [0.29, 0.717) is 17.7 Å². The van der Waals surface area contributed by atoms with E-state index in [1.807, 2.05) is 25.8 Å². The number of aromatic nitrogens is 4. The Hall–Kier alpha value is -1.89. The van der Waals surface area contributed by atoms with Crippen molar-refractivity contribution >= 4 is 11.6 Å². The van der Waals surface area contributed by atoms with E-state index in [1.54, 1.807) is 21.5 Å². The fourth-order valence-corrected chi connectivity index (χ4v) is 2.91. The SMILES string of the molecule is CC(C)n1c(N(C)CCC2CCCO2)nn2ccnc2c1=O. The van der Waals surface area contributed by atoms with Gasteiger partial charge < -0.3 is 9.64 Å². The number of ether oxygens (including phenoxy) is 1. The first-order valence-electron chi connectivity index (χ1n) is 7.86. The monoisotopic (exact) mass is 305 g/mol. The van der Waals surface area contributed by atoms with Gasteiger partial charge in [-0.1, -0.05) is 0 Å². The van der Waals surface area contributed by atoms with Crippen LogP contribution in [0.4, 0.5) is 5.95 Å². The van der Waals surface area contributed by atoms with E-state index >= 15 is 0 Å². The van der Waals surface area contributed by atoms with E-state index in [0.717, 1.165) is 32.4 Å². The molecule has 1 fully saturated rings. The first-order valence-corrected chi connectivity index (χ1v) is 7.86. The maximum absolute atomic E-state index is 12.6. The highest BCUT2D eigenvalue weighted by molar-refractivity contribution is 5.40. The fourth-order valence-electron chi connectivity index (χ4n) is 2.91. The first kappa shape index (κ1) is 15.0. The molecule has 0 aromatic carbocycles. The lowest BCUT2D eigenvalue weighted by Crippen LogP contribution is -2.34. The van der Waals surface area contributed by atoms with Crippen LogP contribution in [0.1, 0.15) is 39.2 Å². The average Bonchev–Trinajstić information content (AvgIpc) is 3.15. The molecule has 0 bridgehead atoms. The molecule has 2 aromatic heterocycles. The van der Waals surface area contributed by atoms with Gasteiger partial charge in [0.25, 0.3) is 5.56 Å². The van der Waals surface area contributed by atoms with Gasteiger partial charge in [-0.3, -0.25) is 9.36 Å². The summed E-state index contributed by atoms with van der Waals surface area (Å²) < 4.78 is 8.93. The summed E-state index contributed by atoms with van der Waals surface area (Å²) in [6.45, 7) is 5.65. The van der Waals surface area contributed by atoms with E-state index in [2.05, 4.69) is 10.1 Å². The fraction of sp³-hybridized carbons (Fsp3) is 0.667. The zero-order valence-corrected chi connectivity index (χ0v) is 13.4. The molecule has 0 saturated carbocycles. The third kappa shape index (κ3) is 2.72. The van der Waals surface area contributed by atoms with Gasteiger partial charge in [-0.2, -0.15) is 0 Å². The van der Waals surface area contributed by atoms with E-state index < -0.39 is 0 Å². The van der Waals surface area contributed by atoms with Crippen molar-refractivity contribution in [2.24, 2.45) is 0 Å². The molecule has 1 aliphatic rings. The van der Waals surface area contributed by atoms with Crippen molar-refractivity contribution in [3.63, 3.8) is 0 Å². The molecule has 0 amide bonds. The van der Waals surface area contributed by atoms with Gasteiger partial charge >= 0.3 is 0 Å². The van der Waals surface area contributed by atoms with Gasteiger partial charge in [-0.15, -0.1) is 5.10 Å². The van der Waals surface area contributed by atoms with E-state index in [1.165, 1.54) is 0 Å². The summed E-state index contributed by atoms with van der Waals surface area (Å²) >= 11 is 0. The Morgan fingerprint density at radius 1 is 1.50 bits per heavy atom. The summed E-state index contributed by atoms with van der Waals surface area (Å²) in [4.78, 5) is 18.7. The highest BCUT2D eigenvalue weighted by Crippen LogP contribution is 2.18. The second kappa shape index (κ2) is 6.08. The Morgan fingerprint density at radius 3 is 3.00 bits per heavy atom. The van der Waals surface area contributed by atoms with Crippen LogP contribution in [0.2, 0.25) is 0 Å². The number of rotatable bonds is 5. The van der Waals surface area contributed by atoms with Gasteiger partial charge in [0.15, 0.2) is 0 Å². The van der Waals surface area contributed by atoms with Crippen LogP contribution in [-0.2, 0) is 4.74 Å². The van der Waals surface area contributed by atoms with Crippen molar-refractivity contribution in [1.82, 2.24) is 19.2 Å². The summed E-state index contributed by atoms with van der Waals surface area (Å²) in [6, 6.07) is 0.0295. The van der Waals surface area contributed by atoms with Crippen molar-refractivity contribution in [3.8, 4) is 0 Å². The highest BCUT2D eigenvalue weighted by Gasteiger charge is 2.20. The van der Waals surface area contributed by atoms with Crippen molar-refractivity contribution in [2.75, 3.05) is 25.1 Å². The van der Waals surface area contributed by atoms with Crippen LogP contribution in [0.3, 0.4) is 0 Å². The van der Waals surface area contributed by atoms with Crippen molar-refractivity contribution < 1.29 is 4.74 Å². The summed E-state index contributed by atoms with van der Waals surface area (Å²) in [5.74, 6) is 0.670. The van der Waals surface area contributed by atoms with Crippen molar-refractivity contribution in [2.45, 2.75) is 45.3 Å². The largest absolute Gasteiger partial charge is 0.378 e. The Kier molecular flexibility index (Phi) is 4.15. The Bertz CT molecular complexity index is 700. The molecular formula is C15H23N5O2. The van der Waals surface area contributed by atoms with Crippen LogP contribution in [0.5, 0.6) is 0 Å². The van der Waals surface area contributed by atoms with E-state index in [4.69, 9.17) is 4.74 Å². The second-order valence-electron chi connectivity index (χ2n) is 6.11. The molecule has 1 atom stereocenters. The number of fused-ring (bicyclic) bond motifs is 1. The molecule has 22 heavy (non-hydrogen) atoms. The molecule has 3 heterocycles. The number of anilines is 1. The lowest BCUT2D eigenvalue weighted by Gasteiger charge is -2.24. The molecule has 0 N–H and O–H groups in total. The topological polar surface area (TPSA) is 64.7 Å². The lowest BCUT2D eigenvalue weighted by atomic mass is 10.2. The lowest BCUT2D eigenvalue weighted by molar-refractivity contribution is 0.106. The van der Waals surface area contributed by atoms with Gasteiger partial charge in [0, 0.05) is 38.6 Å². The van der Waals surface area contributed by atoms with Gasteiger partial charge in [0.2, 0.25) is 11.6 Å². The molecule has 1 unspecified atom stereocenters. The van der Waals surface area contributed by atoms with Gasteiger partial charge in [-0.05, 0) is 33.1 Å². The molecule has 1 aliphatic heterocycles. The molecule has 2 aromatic rings. The van der Waals surface area contributed by atoms with Crippen LogP contribution >= 0.6 is 0 Å². The number of hydrogen-bond acceptors (Lipinski definition) is 5. The maximum atomic E-state index is 12.6. The third-order valence-corrected chi connectivity index (χ3v) is 4.11. The molecule has 7 nitrogen and oxygen atoms in total. The van der Waals surface area contributed by atoms with E-state index in [-0.39, 0.29) is 11.6 Å². The first-order chi connectivity index (χ1) is 10.6. The zero-order valence-electron chi connectivity index (χ0n) is 13.4. The number of hydrogen-bond donors (Lipinski definition) is 0. The molecule has 120 valence electrons. The summed E-state index contributed by atoms with van der Waals surface area (Å²) in [6.07, 6.45) is 6.86. The normalized spacial score (nSPS) is 18.5. The molecule has 0 spiro atoms. The molecule has 7 heteroatoms. The average molecular weight is 305 g/mol. The van der Waals surface area contributed by atoms with Crippen LogP contribution in [0.25, 0.3) is 5.65 Å². The predicted molar refractivity (Wildman–Crippen MR) is 84.5 cm³/mol. The van der Waals surface area contributed by atoms with Crippen molar-refractivity contribution in [3.05, 3.63) is 22.7 Å².